The molecular formula is C17H23BrN6O2. The van der Waals surface area contributed by atoms with Gasteiger partial charge < -0.3 is 25.6 Å². The normalized spacial score (nSPS) is 15.3. The van der Waals surface area contributed by atoms with E-state index in [0.29, 0.717) is 35.1 Å². The monoisotopic (exact) mass is 422 g/mol. The maximum Gasteiger partial charge on any atom is 0.248 e. The van der Waals surface area contributed by atoms with Crippen LogP contribution in [0.15, 0.2) is 21.0 Å². The van der Waals surface area contributed by atoms with Crippen LogP contribution in [0, 0.1) is 5.41 Å². The van der Waals surface area contributed by atoms with Crippen LogP contribution in [0.3, 0.4) is 0 Å². The molecule has 0 unspecified atom stereocenters. The Morgan fingerprint density at radius 2 is 2.12 bits per heavy atom. The fraction of sp³-hybridized carbons (Fsp3) is 0.471. The Balaban J connectivity index is 1.51. The molecular weight excluding hydrogens is 400 g/mol. The quantitative estimate of drug-likeness (QED) is 0.338. The number of anilines is 1. The van der Waals surface area contributed by atoms with Crippen molar-refractivity contribution in [2.24, 2.45) is 0 Å². The second-order valence-corrected chi connectivity index (χ2v) is 7.00. The fourth-order valence-electron chi connectivity index (χ4n) is 2.86. The van der Waals surface area contributed by atoms with Gasteiger partial charge >= 0.3 is 0 Å². The average Bonchev–Trinajstić information content (AvgIpc) is 3.10. The number of nitrogens with two attached hydrogens (primary N) is 1. The Kier molecular flexibility index (Phi) is 6.73. The molecule has 2 heterocycles. The summed E-state index contributed by atoms with van der Waals surface area (Å²) in [7, 11) is 0. The van der Waals surface area contributed by atoms with Gasteiger partial charge in [-0.1, -0.05) is 15.9 Å². The van der Waals surface area contributed by atoms with E-state index in [1.807, 2.05) is 6.07 Å². The summed E-state index contributed by atoms with van der Waals surface area (Å²) in [5.41, 5.74) is 7.67. The lowest BCUT2D eigenvalue weighted by Crippen LogP contribution is -2.37. The van der Waals surface area contributed by atoms with Gasteiger partial charge in [0.15, 0.2) is 0 Å². The molecule has 0 atom stereocenters. The summed E-state index contributed by atoms with van der Waals surface area (Å²) in [6, 6.07) is 3.57. The largest absolute Gasteiger partial charge is 0.419 e. The fourth-order valence-corrected chi connectivity index (χ4v) is 3.33. The molecule has 0 saturated carbocycles. The molecule has 26 heavy (non-hydrogen) atoms. The van der Waals surface area contributed by atoms with Crippen LogP contribution in [0.2, 0.25) is 0 Å². The van der Waals surface area contributed by atoms with E-state index in [0.717, 1.165) is 50.3 Å². The zero-order valence-corrected chi connectivity index (χ0v) is 16.1. The highest BCUT2D eigenvalue weighted by atomic mass is 79.9. The van der Waals surface area contributed by atoms with Crippen molar-refractivity contribution in [3.05, 3.63) is 28.1 Å². The summed E-state index contributed by atoms with van der Waals surface area (Å²) in [4.78, 5) is 2.41. The molecule has 9 heteroatoms. The van der Waals surface area contributed by atoms with Gasteiger partial charge in [0.1, 0.15) is 0 Å². The van der Waals surface area contributed by atoms with Crippen LogP contribution >= 0.6 is 15.9 Å². The molecule has 0 aliphatic carbocycles. The van der Waals surface area contributed by atoms with E-state index in [2.05, 4.69) is 36.3 Å². The van der Waals surface area contributed by atoms with E-state index in [4.69, 9.17) is 20.3 Å². The van der Waals surface area contributed by atoms with Crippen molar-refractivity contribution in [2.45, 2.75) is 13.0 Å². The Morgan fingerprint density at radius 3 is 2.88 bits per heavy atom. The molecule has 2 aromatic rings. The Hall–Kier alpha value is -1.81. The molecule has 0 amide bonds. The molecule has 3 rings (SSSR count). The van der Waals surface area contributed by atoms with Crippen LogP contribution < -0.4 is 11.1 Å². The highest BCUT2D eigenvalue weighted by Crippen LogP contribution is 2.29. The van der Waals surface area contributed by atoms with Crippen molar-refractivity contribution in [1.82, 2.24) is 20.4 Å². The number of nitrogen functional groups attached to an aromatic ring is 1. The molecule has 140 valence electrons. The van der Waals surface area contributed by atoms with E-state index in [1.54, 1.807) is 6.07 Å². The lowest BCUT2D eigenvalue weighted by molar-refractivity contribution is 0.0374. The lowest BCUT2D eigenvalue weighted by atomic mass is 10.1. The van der Waals surface area contributed by atoms with E-state index >= 15 is 0 Å². The number of nitrogens with one attached hydrogen (secondary N) is 2. The van der Waals surface area contributed by atoms with E-state index < -0.39 is 0 Å². The van der Waals surface area contributed by atoms with Crippen LogP contribution in [-0.2, 0) is 11.3 Å². The van der Waals surface area contributed by atoms with Crippen LogP contribution in [-0.4, -0.2) is 60.7 Å². The molecule has 0 bridgehead atoms. The first kappa shape index (κ1) is 19.0. The number of ether oxygens (including phenoxy) is 1. The first-order chi connectivity index (χ1) is 12.7. The van der Waals surface area contributed by atoms with Crippen LogP contribution in [0.4, 0.5) is 5.69 Å². The Morgan fingerprint density at radius 1 is 1.31 bits per heavy atom. The molecule has 1 aliphatic rings. The number of aromatic nitrogens is 2. The molecule has 4 N–H and O–H groups in total. The number of hydrogen-bond donors (Lipinski definition) is 3. The summed E-state index contributed by atoms with van der Waals surface area (Å²) < 4.78 is 11.9. The van der Waals surface area contributed by atoms with Crippen LogP contribution in [0.5, 0.6) is 0 Å². The maximum atomic E-state index is 7.56. The molecule has 0 spiro atoms. The van der Waals surface area contributed by atoms with Gasteiger partial charge in [0.05, 0.1) is 25.3 Å². The second-order valence-electron chi connectivity index (χ2n) is 6.09. The smallest absolute Gasteiger partial charge is 0.248 e. The minimum atomic E-state index is 0.363. The summed E-state index contributed by atoms with van der Waals surface area (Å²) in [5, 5.41) is 19.1. The van der Waals surface area contributed by atoms with Gasteiger partial charge in [-0.05, 0) is 31.6 Å². The summed E-state index contributed by atoms with van der Waals surface area (Å²) >= 11 is 3.40. The summed E-state index contributed by atoms with van der Waals surface area (Å²) in [5.74, 6) is 0.877. The minimum Gasteiger partial charge on any atom is -0.419 e. The lowest BCUT2D eigenvalue weighted by Gasteiger charge is -2.26. The first-order valence-electron chi connectivity index (χ1n) is 8.60. The van der Waals surface area contributed by atoms with Crippen molar-refractivity contribution >= 4 is 27.8 Å². The number of morpholine rings is 1. The van der Waals surface area contributed by atoms with E-state index in [-0.39, 0.29) is 0 Å². The highest BCUT2D eigenvalue weighted by Gasteiger charge is 2.15. The third-order valence-corrected chi connectivity index (χ3v) is 4.68. The van der Waals surface area contributed by atoms with Crippen LogP contribution in [0.25, 0.3) is 11.5 Å². The van der Waals surface area contributed by atoms with Crippen molar-refractivity contribution in [2.75, 3.05) is 45.1 Å². The van der Waals surface area contributed by atoms with Crippen LogP contribution in [0.1, 0.15) is 17.9 Å². The molecule has 1 aliphatic heterocycles. The van der Waals surface area contributed by atoms with Crippen molar-refractivity contribution in [3.63, 3.8) is 0 Å². The molecule has 0 radical (unpaired) electrons. The third kappa shape index (κ3) is 4.88. The SMILES string of the molecule is N=Cc1c(N)cc(Br)cc1-c1nnc(CNCCCN2CCOCC2)o1. The Labute approximate surface area is 160 Å². The number of hydrogen-bond acceptors (Lipinski definition) is 8. The molecule has 1 aromatic carbocycles. The van der Waals surface area contributed by atoms with Gasteiger partial charge in [0.2, 0.25) is 11.8 Å². The van der Waals surface area contributed by atoms with E-state index in [9.17, 15) is 0 Å². The topological polar surface area (TPSA) is 113 Å². The van der Waals surface area contributed by atoms with Gasteiger partial charge in [-0.25, -0.2) is 0 Å². The van der Waals surface area contributed by atoms with E-state index in [1.165, 1.54) is 6.21 Å². The Bertz CT molecular complexity index is 745. The standard InChI is InChI=1S/C17H23BrN6O2/c18-12-8-13(14(10-19)15(20)9-12)17-23-22-16(26-17)11-21-2-1-3-24-4-6-25-7-5-24/h8-10,19,21H,1-7,11,20H2. The molecule has 1 aromatic heterocycles. The molecule has 1 saturated heterocycles. The van der Waals surface area contributed by atoms with Gasteiger partial charge in [-0.2, -0.15) is 0 Å². The first-order valence-corrected chi connectivity index (χ1v) is 9.39. The zero-order valence-electron chi connectivity index (χ0n) is 14.5. The molecule has 8 nitrogen and oxygen atoms in total. The van der Waals surface area contributed by atoms with Crippen molar-refractivity contribution < 1.29 is 9.15 Å². The number of halogens is 1. The highest BCUT2D eigenvalue weighted by molar-refractivity contribution is 9.10. The minimum absolute atomic E-state index is 0.363. The van der Waals surface area contributed by atoms with Gasteiger partial charge in [0.25, 0.3) is 0 Å². The molecule has 1 fully saturated rings. The maximum absolute atomic E-state index is 7.56. The predicted octanol–water partition coefficient (Wildman–Crippen LogP) is 1.89. The van der Waals surface area contributed by atoms with Gasteiger partial charge in [-0.15, -0.1) is 10.2 Å². The van der Waals surface area contributed by atoms with Gasteiger partial charge in [0, 0.05) is 35.0 Å². The van der Waals surface area contributed by atoms with Crippen molar-refractivity contribution in [3.8, 4) is 11.5 Å². The average molecular weight is 423 g/mol. The van der Waals surface area contributed by atoms with Gasteiger partial charge in [-0.3, -0.25) is 4.90 Å². The third-order valence-electron chi connectivity index (χ3n) is 4.23. The zero-order chi connectivity index (χ0) is 18.4. The second kappa shape index (κ2) is 9.22. The number of benzene rings is 1. The van der Waals surface area contributed by atoms with Crippen molar-refractivity contribution in [1.29, 1.82) is 5.41 Å². The summed E-state index contributed by atoms with van der Waals surface area (Å²) in [6.07, 6.45) is 2.26. The predicted molar refractivity (Wildman–Crippen MR) is 103 cm³/mol. The number of rotatable bonds is 8. The summed E-state index contributed by atoms with van der Waals surface area (Å²) in [6.45, 7) is 6.14. The number of nitrogens with zero attached hydrogens (tertiary/aromatic N) is 3.